The van der Waals surface area contributed by atoms with Crippen molar-refractivity contribution in [1.29, 1.82) is 0 Å². The summed E-state index contributed by atoms with van der Waals surface area (Å²) in [5.74, 6) is -6.76. The van der Waals surface area contributed by atoms with Crippen LogP contribution in [-0.4, -0.2) is 161 Å². The molecule has 442 valence electrons. The Hall–Kier alpha value is -7.71. The van der Waals surface area contributed by atoms with E-state index in [0.717, 1.165) is 23.1 Å². The van der Waals surface area contributed by atoms with Crippen LogP contribution in [0.1, 0.15) is 89.7 Å². The monoisotopic (exact) mass is 1150 g/mol. The number of anilines is 1. The number of nitrogens with zero attached hydrogens (tertiary/aromatic N) is 5. The normalized spacial score (nSPS) is 21.5. The molecule has 82 heavy (non-hydrogen) atoms. The second-order valence-electron chi connectivity index (χ2n) is 21.8. The maximum atomic E-state index is 15.3. The van der Waals surface area contributed by atoms with Crippen molar-refractivity contribution in [2.75, 3.05) is 38.0 Å². The van der Waals surface area contributed by atoms with Crippen molar-refractivity contribution in [2.24, 2.45) is 17.3 Å². The molecule has 4 heterocycles. The van der Waals surface area contributed by atoms with Crippen LogP contribution < -0.4 is 15.4 Å². The number of carboxylic acids is 1. The molecule has 3 aromatic carbocycles. The maximum absolute atomic E-state index is 15.3. The third kappa shape index (κ3) is 15.4. The second kappa shape index (κ2) is 26.9. The number of unbranched alkanes of at least 4 members (excludes halogenated alkanes) is 2. The molecule has 1 aromatic heterocycles. The predicted octanol–water partition coefficient (Wildman–Crippen LogP) is 4.42. The van der Waals surface area contributed by atoms with E-state index in [0.29, 0.717) is 30.4 Å². The fourth-order valence-electron chi connectivity index (χ4n) is 10.0. The molecular formula is C57H68F3N7O15. The summed E-state index contributed by atoms with van der Waals surface area (Å²) in [5.41, 5.74) is -0.244. The third-order valence-electron chi connectivity index (χ3n) is 14.3. The van der Waals surface area contributed by atoms with Gasteiger partial charge in [0.15, 0.2) is 6.10 Å². The SMILES string of the molecule is C[C@@H](O)C(=O)N(C[C@@H]1CN(C(=O)OCc2ccc(O[C@@H]3O[C@H](C(=O)O)[C@@H](O)[C@H](O)[C@H]3O)c(NC(=O)CCNC(=O)CCCCCN3C(=O)C=CC3=O)c2)C[C@@H]1C)[C@@H](c1nc(-c2cc(F)ccc2F)cn1Cc1cccc(F)c1)C(C)(C)C. The number of carbonyl (C=O) groups excluding carboxylic acids is 6. The summed E-state index contributed by atoms with van der Waals surface area (Å²) in [6.07, 6.45) is -6.92. The van der Waals surface area contributed by atoms with Crippen molar-refractivity contribution in [3.8, 4) is 17.0 Å². The first kappa shape index (κ1) is 61.9. The van der Waals surface area contributed by atoms with Gasteiger partial charge in [0.2, 0.25) is 18.1 Å². The van der Waals surface area contributed by atoms with Gasteiger partial charge in [0, 0.05) is 76.0 Å². The minimum Gasteiger partial charge on any atom is -0.479 e. The number of halogens is 3. The lowest BCUT2D eigenvalue weighted by atomic mass is 9.83. The number of carboxylic acid groups (broad SMARTS) is 1. The van der Waals surface area contributed by atoms with E-state index in [2.05, 4.69) is 10.6 Å². The van der Waals surface area contributed by atoms with E-state index >= 15 is 4.39 Å². The Balaban J connectivity index is 1.04. The van der Waals surface area contributed by atoms with Crippen LogP contribution in [0.5, 0.6) is 5.75 Å². The van der Waals surface area contributed by atoms with Crippen molar-refractivity contribution in [1.82, 2.24) is 29.6 Å². The van der Waals surface area contributed by atoms with Gasteiger partial charge in [-0.05, 0) is 90.6 Å². The molecule has 3 aliphatic rings. The molecule has 0 aliphatic carbocycles. The molecule has 0 saturated carbocycles. The van der Waals surface area contributed by atoms with Crippen LogP contribution in [0.4, 0.5) is 23.7 Å². The smallest absolute Gasteiger partial charge is 0.410 e. The molecule has 7 N–H and O–H groups in total. The first-order valence-electron chi connectivity index (χ1n) is 26.8. The Labute approximate surface area is 470 Å². The van der Waals surface area contributed by atoms with E-state index in [1.807, 2.05) is 27.7 Å². The highest BCUT2D eigenvalue weighted by atomic mass is 19.1. The summed E-state index contributed by atoms with van der Waals surface area (Å²) < 4.78 is 62.9. The number of hydrogen-bond acceptors (Lipinski definition) is 15. The minimum atomic E-state index is -2.02. The molecule has 6 amide bonds. The fraction of sp³-hybridized carbons (Fsp3) is 0.474. The number of aromatic nitrogens is 2. The topological polar surface area (TPSA) is 300 Å². The van der Waals surface area contributed by atoms with Gasteiger partial charge in [0.1, 0.15) is 60.0 Å². The number of aliphatic hydroxyl groups excluding tert-OH is 4. The number of rotatable bonds is 23. The van der Waals surface area contributed by atoms with Gasteiger partial charge < -0.3 is 64.7 Å². The molecule has 0 radical (unpaired) electrons. The Morgan fingerprint density at radius 3 is 2.27 bits per heavy atom. The highest BCUT2D eigenvalue weighted by Gasteiger charge is 2.49. The minimum absolute atomic E-state index is 0.0158. The van der Waals surface area contributed by atoms with Crippen molar-refractivity contribution in [2.45, 2.75) is 123 Å². The molecule has 2 fully saturated rings. The molecule has 7 rings (SSSR count). The number of aliphatic hydroxyl groups is 4. The number of imide groups is 1. The second-order valence-corrected chi connectivity index (χ2v) is 21.8. The molecule has 4 aromatic rings. The first-order valence-corrected chi connectivity index (χ1v) is 26.8. The maximum Gasteiger partial charge on any atom is 0.410 e. The van der Waals surface area contributed by atoms with Crippen LogP contribution in [0, 0.1) is 34.7 Å². The predicted molar refractivity (Wildman–Crippen MR) is 285 cm³/mol. The van der Waals surface area contributed by atoms with Crippen molar-refractivity contribution < 1.29 is 86.5 Å². The van der Waals surface area contributed by atoms with Gasteiger partial charge in [-0.2, -0.15) is 0 Å². The largest absolute Gasteiger partial charge is 0.479 e. The van der Waals surface area contributed by atoms with Crippen LogP contribution in [0.15, 0.2) is 79.0 Å². The van der Waals surface area contributed by atoms with Gasteiger partial charge in [0.05, 0.1) is 17.4 Å². The molecule has 22 nitrogen and oxygen atoms in total. The summed E-state index contributed by atoms with van der Waals surface area (Å²) in [5, 5.41) is 57.2. The number of benzene rings is 3. The molecule has 0 unspecified atom stereocenters. The number of ether oxygens (including phenoxy) is 3. The highest BCUT2D eigenvalue weighted by molar-refractivity contribution is 6.12. The van der Waals surface area contributed by atoms with E-state index in [-0.39, 0.29) is 99.1 Å². The Bertz CT molecular complexity index is 3020. The van der Waals surface area contributed by atoms with E-state index in [9.17, 15) is 67.9 Å². The van der Waals surface area contributed by atoms with E-state index in [4.69, 9.17) is 19.2 Å². The van der Waals surface area contributed by atoms with E-state index < -0.39 is 107 Å². The Morgan fingerprint density at radius 1 is 0.866 bits per heavy atom. The molecule has 2 saturated heterocycles. The number of imidazole rings is 1. The van der Waals surface area contributed by atoms with Gasteiger partial charge in [0.25, 0.3) is 17.7 Å². The lowest BCUT2D eigenvalue weighted by molar-refractivity contribution is -0.271. The van der Waals surface area contributed by atoms with Crippen LogP contribution in [0.3, 0.4) is 0 Å². The zero-order valence-electron chi connectivity index (χ0n) is 45.9. The van der Waals surface area contributed by atoms with Crippen LogP contribution in [-0.2, 0) is 51.4 Å². The quantitative estimate of drug-likeness (QED) is 0.0400. The summed E-state index contributed by atoms with van der Waals surface area (Å²) in [6, 6.07) is 11.9. The Kier molecular flexibility index (Phi) is 20.3. The number of hydrogen-bond donors (Lipinski definition) is 7. The lowest BCUT2D eigenvalue weighted by Gasteiger charge is -2.42. The molecule has 0 spiro atoms. The van der Waals surface area contributed by atoms with Gasteiger partial charge in [-0.15, -0.1) is 0 Å². The number of aliphatic carboxylic acids is 1. The zero-order valence-corrected chi connectivity index (χ0v) is 45.9. The zero-order chi connectivity index (χ0) is 59.7. The van der Waals surface area contributed by atoms with Gasteiger partial charge >= 0.3 is 12.1 Å². The summed E-state index contributed by atoms with van der Waals surface area (Å²) >= 11 is 0. The summed E-state index contributed by atoms with van der Waals surface area (Å²) in [7, 11) is 0. The number of likely N-dealkylation sites (tertiary alicyclic amines) is 1. The molecule has 25 heteroatoms. The van der Waals surface area contributed by atoms with E-state index in [1.165, 1.54) is 71.5 Å². The number of nitrogens with one attached hydrogen (secondary N) is 2. The number of amides is 6. The van der Waals surface area contributed by atoms with Gasteiger partial charge in [-0.1, -0.05) is 52.3 Å². The third-order valence-corrected chi connectivity index (χ3v) is 14.3. The highest BCUT2D eigenvalue weighted by Crippen LogP contribution is 2.42. The molecular weight excluding hydrogens is 1080 g/mol. The van der Waals surface area contributed by atoms with Crippen molar-refractivity contribution in [3.05, 3.63) is 113 Å². The van der Waals surface area contributed by atoms with Gasteiger partial charge in [-0.25, -0.2) is 27.7 Å². The standard InChI is InChI=1S/C57H68F3N7O15/c1-31-25-65(27-35(31)28-67(53(76)32(2)68)51(57(3,4)5)52-63-41(38-24-37(59)14-15-39(38)60)29-64(52)26-33-10-9-11-36(58)22-33)56(79)80-30-34-13-16-42(81-55-49(75)47(73)48(74)50(82-55)54(77)78)40(23-34)62-44(70)19-20-61-43(69)12-7-6-8-21-66-45(71)17-18-46(66)72/h9-11,13-18,22-24,29,31-32,35,47-51,55,68,73-75H,6-8,12,19-21,25-28,30H2,1-5H3,(H,61,69)(H,62,70)(H,77,78)/t31-,32+,35-,47-,48-,49+,50-,51-,55+/m0/s1. The van der Waals surface area contributed by atoms with Crippen LogP contribution >= 0.6 is 0 Å². The Morgan fingerprint density at radius 2 is 1.59 bits per heavy atom. The first-order chi connectivity index (χ1) is 38.8. The fourth-order valence-corrected chi connectivity index (χ4v) is 10.0. The summed E-state index contributed by atoms with van der Waals surface area (Å²) in [6.45, 7) is 8.70. The molecule has 3 aliphatic heterocycles. The number of carbonyl (C=O) groups is 7. The summed E-state index contributed by atoms with van der Waals surface area (Å²) in [4.78, 5) is 98.3. The molecule has 9 atom stereocenters. The van der Waals surface area contributed by atoms with Crippen molar-refractivity contribution in [3.63, 3.8) is 0 Å². The van der Waals surface area contributed by atoms with Crippen LogP contribution in [0.25, 0.3) is 11.3 Å². The van der Waals surface area contributed by atoms with Crippen molar-refractivity contribution >= 4 is 47.3 Å². The molecule has 0 bridgehead atoms. The van der Waals surface area contributed by atoms with E-state index in [1.54, 1.807) is 10.6 Å². The lowest BCUT2D eigenvalue weighted by Crippen LogP contribution is -2.61. The van der Waals surface area contributed by atoms with Crippen LogP contribution in [0.2, 0.25) is 0 Å². The average molecular weight is 1150 g/mol. The van der Waals surface area contributed by atoms with Gasteiger partial charge in [-0.3, -0.25) is 28.9 Å². The average Bonchev–Trinajstić information content (AvgIpc) is 4.31.